The average Bonchev–Trinajstić information content (AvgIpc) is 2.23. The molecule has 100 valence electrons. The maximum Gasteiger partial charge on any atom is 0.138 e. The van der Waals surface area contributed by atoms with Crippen LogP contribution in [0.2, 0.25) is 0 Å². The van der Waals surface area contributed by atoms with Gasteiger partial charge in [0.05, 0.1) is 0 Å². The molecule has 2 nitrogen and oxygen atoms in total. The topological polar surface area (TPSA) is 20.3 Å². The highest BCUT2D eigenvalue weighted by atomic mass is 16.1. The highest BCUT2D eigenvalue weighted by Gasteiger charge is 2.27. The minimum Gasteiger partial charge on any atom is -0.302 e. The number of hydrogen-bond donors (Lipinski definition) is 0. The van der Waals surface area contributed by atoms with Crippen molar-refractivity contribution < 1.29 is 4.79 Å². The number of Topliss-reactive ketones (excluding diaryl/α,β-unsaturated/α-hetero) is 1. The number of carbonyl (C=O) groups is 1. The van der Waals surface area contributed by atoms with E-state index >= 15 is 0 Å². The van der Waals surface area contributed by atoms with Crippen LogP contribution in [-0.2, 0) is 4.79 Å². The standard InChI is InChI=1S/C15H29NO/c1-5-6-7-9-15(3,4)12-16-10-8-14(17)13(2)11-16/h13H,5-12H2,1-4H3. The second-order valence-electron chi connectivity index (χ2n) is 6.47. The third kappa shape index (κ3) is 5.20. The highest BCUT2D eigenvalue weighted by Crippen LogP contribution is 2.26. The van der Waals surface area contributed by atoms with E-state index in [0.717, 1.165) is 26.1 Å². The monoisotopic (exact) mass is 239 g/mol. The first-order chi connectivity index (χ1) is 7.94. The summed E-state index contributed by atoms with van der Waals surface area (Å²) in [7, 11) is 0. The van der Waals surface area contributed by atoms with Crippen molar-refractivity contribution in [3.8, 4) is 0 Å². The zero-order chi connectivity index (χ0) is 12.9. The minimum atomic E-state index is 0.246. The smallest absolute Gasteiger partial charge is 0.138 e. The molecular weight excluding hydrogens is 210 g/mol. The van der Waals surface area contributed by atoms with Crippen LogP contribution < -0.4 is 0 Å². The molecule has 0 radical (unpaired) electrons. The third-order valence-electron chi connectivity index (χ3n) is 3.86. The Hall–Kier alpha value is -0.370. The summed E-state index contributed by atoms with van der Waals surface area (Å²) in [5.74, 6) is 0.695. The number of ketones is 1. The van der Waals surface area contributed by atoms with Crippen molar-refractivity contribution >= 4 is 5.78 Å². The van der Waals surface area contributed by atoms with Gasteiger partial charge in [0.1, 0.15) is 5.78 Å². The summed E-state index contributed by atoms with van der Waals surface area (Å²) in [6.07, 6.45) is 6.04. The molecular formula is C15H29NO. The predicted molar refractivity (Wildman–Crippen MR) is 73.2 cm³/mol. The Bertz CT molecular complexity index is 247. The van der Waals surface area contributed by atoms with Crippen LogP contribution in [0, 0.1) is 11.3 Å². The van der Waals surface area contributed by atoms with Crippen LogP contribution in [0.5, 0.6) is 0 Å². The summed E-state index contributed by atoms with van der Waals surface area (Å²) in [6, 6.07) is 0. The molecule has 0 spiro atoms. The second kappa shape index (κ2) is 6.53. The zero-order valence-electron chi connectivity index (χ0n) is 12.1. The van der Waals surface area contributed by atoms with Gasteiger partial charge < -0.3 is 4.90 Å². The first kappa shape index (κ1) is 14.7. The summed E-state index contributed by atoms with van der Waals surface area (Å²) >= 11 is 0. The van der Waals surface area contributed by atoms with Crippen LogP contribution in [0.3, 0.4) is 0 Å². The number of likely N-dealkylation sites (tertiary alicyclic amines) is 1. The summed E-state index contributed by atoms with van der Waals surface area (Å²) < 4.78 is 0. The molecule has 1 unspecified atom stereocenters. The molecule has 1 saturated heterocycles. The van der Waals surface area contributed by atoms with Gasteiger partial charge in [0, 0.05) is 32.0 Å². The Balaban J connectivity index is 2.34. The molecule has 1 atom stereocenters. The van der Waals surface area contributed by atoms with Crippen LogP contribution in [-0.4, -0.2) is 30.3 Å². The van der Waals surface area contributed by atoms with Gasteiger partial charge in [0.15, 0.2) is 0 Å². The Morgan fingerprint density at radius 3 is 2.65 bits per heavy atom. The number of unbranched alkanes of at least 4 members (excludes halogenated alkanes) is 2. The third-order valence-corrected chi connectivity index (χ3v) is 3.86. The highest BCUT2D eigenvalue weighted by molar-refractivity contribution is 5.81. The molecule has 0 aromatic carbocycles. The van der Waals surface area contributed by atoms with E-state index in [1.165, 1.54) is 25.7 Å². The Morgan fingerprint density at radius 2 is 2.06 bits per heavy atom. The lowest BCUT2D eigenvalue weighted by atomic mass is 9.85. The second-order valence-corrected chi connectivity index (χ2v) is 6.47. The molecule has 0 bridgehead atoms. The van der Waals surface area contributed by atoms with Gasteiger partial charge in [0.2, 0.25) is 0 Å². The molecule has 0 saturated carbocycles. The summed E-state index contributed by atoms with van der Waals surface area (Å²) in [5, 5.41) is 0. The van der Waals surface area contributed by atoms with E-state index in [4.69, 9.17) is 0 Å². The van der Waals surface area contributed by atoms with Crippen LogP contribution in [0.1, 0.15) is 59.8 Å². The molecule has 0 aromatic heterocycles. The Labute approximate surface area is 107 Å². The van der Waals surface area contributed by atoms with Gasteiger partial charge in [-0.1, -0.05) is 47.0 Å². The Morgan fingerprint density at radius 1 is 1.35 bits per heavy atom. The molecule has 0 amide bonds. The summed E-state index contributed by atoms with van der Waals surface area (Å²) in [6.45, 7) is 12.1. The van der Waals surface area contributed by atoms with E-state index in [0.29, 0.717) is 11.2 Å². The maximum absolute atomic E-state index is 11.5. The first-order valence-electron chi connectivity index (χ1n) is 7.19. The van der Waals surface area contributed by atoms with Gasteiger partial charge in [-0.15, -0.1) is 0 Å². The lowest BCUT2D eigenvalue weighted by Gasteiger charge is -2.36. The molecule has 1 fully saturated rings. The Kier molecular flexibility index (Phi) is 5.64. The van der Waals surface area contributed by atoms with Crippen LogP contribution in [0.15, 0.2) is 0 Å². The van der Waals surface area contributed by atoms with E-state index in [1.807, 2.05) is 0 Å². The number of rotatable bonds is 6. The maximum atomic E-state index is 11.5. The van der Waals surface area contributed by atoms with Gasteiger partial charge >= 0.3 is 0 Å². The number of piperidine rings is 1. The van der Waals surface area contributed by atoms with Crippen molar-refractivity contribution in [2.24, 2.45) is 11.3 Å². The molecule has 1 aliphatic heterocycles. The van der Waals surface area contributed by atoms with Crippen molar-refractivity contribution in [3.63, 3.8) is 0 Å². The fraction of sp³-hybridized carbons (Fsp3) is 0.933. The summed E-state index contributed by atoms with van der Waals surface area (Å²) in [4.78, 5) is 14.0. The van der Waals surface area contributed by atoms with Gasteiger partial charge in [-0.25, -0.2) is 0 Å². The van der Waals surface area contributed by atoms with Gasteiger partial charge in [0.25, 0.3) is 0 Å². The van der Waals surface area contributed by atoms with E-state index in [2.05, 4.69) is 32.6 Å². The lowest BCUT2D eigenvalue weighted by molar-refractivity contribution is -0.126. The zero-order valence-corrected chi connectivity index (χ0v) is 12.1. The fourth-order valence-electron chi connectivity index (χ4n) is 2.78. The molecule has 2 heteroatoms. The van der Waals surface area contributed by atoms with Crippen LogP contribution in [0.4, 0.5) is 0 Å². The SMILES string of the molecule is CCCCCC(C)(C)CN1CCC(=O)C(C)C1. The van der Waals surface area contributed by atoms with Gasteiger partial charge in [-0.3, -0.25) is 4.79 Å². The van der Waals surface area contributed by atoms with Crippen molar-refractivity contribution in [2.45, 2.75) is 59.8 Å². The molecule has 0 aromatic rings. The number of carbonyl (C=O) groups excluding carboxylic acids is 1. The van der Waals surface area contributed by atoms with Crippen molar-refractivity contribution in [3.05, 3.63) is 0 Å². The normalized spacial score (nSPS) is 23.1. The molecule has 0 N–H and O–H groups in total. The van der Waals surface area contributed by atoms with E-state index in [1.54, 1.807) is 0 Å². The summed E-state index contributed by atoms with van der Waals surface area (Å²) in [5.41, 5.74) is 0.398. The van der Waals surface area contributed by atoms with E-state index in [-0.39, 0.29) is 5.92 Å². The molecule has 1 rings (SSSR count). The molecule has 1 aliphatic rings. The minimum absolute atomic E-state index is 0.246. The largest absolute Gasteiger partial charge is 0.302 e. The van der Waals surface area contributed by atoms with E-state index < -0.39 is 0 Å². The van der Waals surface area contributed by atoms with Crippen LogP contribution in [0.25, 0.3) is 0 Å². The predicted octanol–water partition coefficient (Wildman–Crippen LogP) is 3.50. The quantitative estimate of drug-likeness (QED) is 0.661. The number of nitrogens with zero attached hydrogens (tertiary/aromatic N) is 1. The molecule has 1 heterocycles. The van der Waals surface area contributed by atoms with Crippen molar-refractivity contribution in [2.75, 3.05) is 19.6 Å². The number of hydrogen-bond acceptors (Lipinski definition) is 2. The van der Waals surface area contributed by atoms with E-state index in [9.17, 15) is 4.79 Å². The fourth-order valence-corrected chi connectivity index (χ4v) is 2.78. The molecule has 17 heavy (non-hydrogen) atoms. The first-order valence-corrected chi connectivity index (χ1v) is 7.19. The van der Waals surface area contributed by atoms with Crippen molar-refractivity contribution in [1.82, 2.24) is 4.90 Å². The lowest BCUT2D eigenvalue weighted by Crippen LogP contribution is -2.44. The van der Waals surface area contributed by atoms with Crippen molar-refractivity contribution in [1.29, 1.82) is 0 Å². The van der Waals surface area contributed by atoms with Crippen LogP contribution >= 0.6 is 0 Å². The molecule has 0 aliphatic carbocycles. The van der Waals surface area contributed by atoms with Gasteiger partial charge in [-0.05, 0) is 11.8 Å². The average molecular weight is 239 g/mol. The van der Waals surface area contributed by atoms with Gasteiger partial charge in [-0.2, -0.15) is 0 Å².